The molecule has 2 N–H and O–H groups in total. The molecule has 2 aromatic heterocycles. The third-order valence-corrected chi connectivity index (χ3v) is 4.83. The second-order valence-corrected chi connectivity index (χ2v) is 6.74. The zero-order valence-electron chi connectivity index (χ0n) is 15.6. The van der Waals surface area contributed by atoms with Crippen molar-refractivity contribution in [2.75, 3.05) is 0 Å². The van der Waals surface area contributed by atoms with Gasteiger partial charge < -0.3 is 19.3 Å². The second-order valence-electron chi connectivity index (χ2n) is 6.74. The monoisotopic (exact) mass is 371 g/mol. The van der Waals surface area contributed by atoms with Gasteiger partial charge >= 0.3 is 0 Å². The molecule has 1 aromatic carbocycles. The van der Waals surface area contributed by atoms with E-state index in [0.717, 1.165) is 25.8 Å². The van der Waals surface area contributed by atoms with Crippen molar-refractivity contribution in [3.8, 4) is 22.9 Å². The van der Waals surface area contributed by atoms with E-state index in [0.29, 0.717) is 36.2 Å². The van der Waals surface area contributed by atoms with Gasteiger partial charge in [-0.15, -0.1) is 0 Å². The average molecular weight is 371 g/mol. The van der Waals surface area contributed by atoms with Crippen LogP contribution < -0.4 is 0 Å². The number of imidazole rings is 1. The average Bonchev–Trinajstić information content (AvgIpc) is 3.26. The number of hydrogen-bond acceptors (Lipinski definition) is 3. The Morgan fingerprint density at radius 2 is 1.89 bits per heavy atom. The normalized spacial score (nSPS) is 11.2. The first-order valence-electron chi connectivity index (χ1n) is 9.47. The third kappa shape index (κ3) is 4.15. The Balaban J connectivity index is 1.95. The molecule has 0 saturated carbocycles. The van der Waals surface area contributed by atoms with Crippen LogP contribution in [-0.2, 0) is 19.5 Å². The van der Waals surface area contributed by atoms with Gasteiger partial charge in [0.2, 0.25) is 5.88 Å². The second kappa shape index (κ2) is 8.75. The van der Waals surface area contributed by atoms with Gasteiger partial charge in [0.1, 0.15) is 5.82 Å². The van der Waals surface area contributed by atoms with E-state index in [1.165, 1.54) is 6.07 Å². The summed E-state index contributed by atoms with van der Waals surface area (Å²) in [4.78, 5) is 4.02. The van der Waals surface area contributed by atoms with E-state index in [2.05, 4.69) is 11.9 Å². The molecule has 144 valence electrons. The summed E-state index contributed by atoms with van der Waals surface area (Å²) in [6.07, 6.45) is 9.59. The molecular formula is C21H26FN3O2. The molecule has 0 amide bonds. The fraction of sp³-hybridized carbons (Fsp3) is 0.381. The maximum absolute atomic E-state index is 14.5. The van der Waals surface area contributed by atoms with Crippen molar-refractivity contribution >= 4 is 0 Å². The van der Waals surface area contributed by atoms with Gasteiger partial charge in [0.05, 0.1) is 12.0 Å². The molecule has 0 spiro atoms. The Morgan fingerprint density at radius 3 is 2.59 bits per heavy atom. The van der Waals surface area contributed by atoms with Crippen molar-refractivity contribution < 1.29 is 14.6 Å². The van der Waals surface area contributed by atoms with E-state index in [1.54, 1.807) is 35.3 Å². The molecule has 3 rings (SSSR count). The number of unbranched alkanes of at least 4 members (excludes halogenated alkanes) is 2. The fourth-order valence-electron chi connectivity index (χ4n) is 3.44. The van der Waals surface area contributed by atoms with Crippen LogP contribution >= 0.6 is 0 Å². The van der Waals surface area contributed by atoms with E-state index in [1.807, 2.05) is 10.8 Å². The van der Waals surface area contributed by atoms with E-state index >= 15 is 0 Å². The highest BCUT2D eigenvalue weighted by molar-refractivity contribution is 5.71. The van der Waals surface area contributed by atoms with Crippen molar-refractivity contribution in [2.45, 2.75) is 52.1 Å². The number of rotatable bonds is 9. The van der Waals surface area contributed by atoms with Crippen LogP contribution in [0.5, 0.6) is 11.6 Å². The highest BCUT2D eigenvalue weighted by Gasteiger charge is 2.24. The quantitative estimate of drug-likeness (QED) is 0.535. The maximum atomic E-state index is 14.5. The Kier molecular flexibility index (Phi) is 6.16. The summed E-state index contributed by atoms with van der Waals surface area (Å²) in [6.45, 7) is 3.30. The molecule has 5 nitrogen and oxygen atoms in total. The summed E-state index contributed by atoms with van der Waals surface area (Å²) in [5.41, 5.74) is 1.60. The van der Waals surface area contributed by atoms with Crippen LogP contribution in [0, 0.1) is 5.82 Å². The molecule has 0 aliphatic carbocycles. The number of hydrogen-bond donors (Lipinski definition) is 2. The van der Waals surface area contributed by atoms with Gasteiger partial charge in [0, 0.05) is 36.6 Å². The summed E-state index contributed by atoms with van der Waals surface area (Å²) in [6, 6.07) is 6.51. The van der Waals surface area contributed by atoms with E-state index < -0.39 is 0 Å². The first-order chi connectivity index (χ1) is 13.1. The molecule has 0 bridgehead atoms. The summed E-state index contributed by atoms with van der Waals surface area (Å²) in [7, 11) is 0. The van der Waals surface area contributed by atoms with Crippen LogP contribution in [0.3, 0.4) is 0 Å². The topological polar surface area (TPSA) is 63.2 Å². The van der Waals surface area contributed by atoms with E-state index in [-0.39, 0.29) is 17.4 Å². The predicted molar refractivity (Wildman–Crippen MR) is 103 cm³/mol. The van der Waals surface area contributed by atoms with Crippen LogP contribution in [-0.4, -0.2) is 24.3 Å². The molecule has 0 unspecified atom stereocenters. The predicted octanol–water partition coefficient (Wildman–Crippen LogP) is 4.72. The molecule has 0 radical (unpaired) electrons. The molecule has 0 saturated heterocycles. The minimum absolute atomic E-state index is 0.132. The van der Waals surface area contributed by atoms with Gasteiger partial charge in [-0.3, -0.25) is 0 Å². The molecular weight excluding hydrogens is 345 g/mol. The van der Waals surface area contributed by atoms with Gasteiger partial charge in [-0.25, -0.2) is 9.37 Å². The molecule has 0 atom stereocenters. The van der Waals surface area contributed by atoms with Gasteiger partial charge in [0.15, 0.2) is 5.75 Å². The lowest BCUT2D eigenvalue weighted by atomic mass is 10.0. The largest absolute Gasteiger partial charge is 0.503 e. The minimum atomic E-state index is -0.359. The maximum Gasteiger partial charge on any atom is 0.235 e. The van der Waals surface area contributed by atoms with Crippen LogP contribution in [0.25, 0.3) is 11.3 Å². The Morgan fingerprint density at radius 1 is 1.07 bits per heavy atom. The third-order valence-electron chi connectivity index (χ3n) is 4.83. The van der Waals surface area contributed by atoms with Gasteiger partial charge in [0.25, 0.3) is 0 Å². The number of benzene rings is 1. The lowest BCUT2D eigenvalue weighted by Gasteiger charge is -2.13. The SMILES string of the molecule is CCCCCc1c(O)c(O)n(CCCn2ccnc2)c1-c1ccccc1F. The summed E-state index contributed by atoms with van der Waals surface area (Å²) in [5.74, 6) is -0.681. The molecule has 0 fully saturated rings. The summed E-state index contributed by atoms with van der Waals surface area (Å²) < 4.78 is 18.1. The molecule has 6 heteroatoms. The number of aryl methyl sites for hydroxylation is 1. The number of nitrogens with zero attached hydrogens (tertiary/aromatic N) is 3. The van der Waals surface area contributed by atoms with Gasteiger partial charge in [-0.05, 0) is 31.4 Å². The summed E-state index contributed by atoms with van der Waals surface area (Å²) in [5, 5.41) is 21.1. The van der Waals surface area contributed by atoms with Crippen LogP contribution in [0.2, 0.25) is 0 Å². The van der Waals surface area contributed by atoms with E-state index in [9.17, 15) is 14.6 Å². The minimum Gasteiger partial charge on any atom is -0.503 e. The molecule has 3 aromatic rings. The Labute approximate surface area is 158 Å². The van der Waals surface area contributed by atoms with Crippen molar-refractivity contribution in [3.05, 3.63) is 54.4 Å². The zero-order valence-corrected chi connectivity index (χ0v) is 15.6. The van der Waals surface area contributed by atoms with Crippen molar-refractivity contribution in [1.82, 2.24) is 14.1 Å². The van der Waals surface area contributed by atoms with Gasteiger partial charge in [-0.2, -0.15) is 0 Å². The highest BCUT2D eigenvalue weighted by atomic mass is 19.1. The first kappa shape index (κ1) is 19.0. The van der Waals surface area contributed by atoms with Crippen molar-refractivity contribution in [3.63, 3.8) is 0 Å². The molecule has 2 heterocycles. The standard InChI is InChI=1S/C21H26FN3O2/c1-2-3-4-9-17-19(16-8-5-6-10-18(16)22)25(21(27)20(17)26)13-7-12-24-14-11-23-15-24/h5-6,8,10-11,14-15,26-27H,2-4,7,9,12-13H2,1H3. The van der Waals surface area contributed by atoms with Crippen molar-refractivity contribution in [2.24, 2.45) is 0 Å². The van der Waals surface area contributed by atoms with Crippen LogP contribution in [0.4, 0.5) is 4.39 Å². The van der Waals surface area contributed by atoms with Crippen LogP contribution in [0.1, 0.15) is 38.2 Å². The highest BCUT2D eigenvalue weighted by Crippen LogP contribution is 2.42. The van der Waals surface area contributed by atoms with Crippen LogP contribution in [0.15, 0.2) is 43.0 Å². The summed E-state index contributed by atoms with van der Waals surface area (Å²) >= 11 is 0. The first-order valence-corrected chi connectivity index (χ1v) is 9.47. The molecule has 27 heavy (non-hydrogen) atoms. The fourth-order valence-corrected chi connectivity index (χ4v) is 3.44. The lowest BCUT2D eigenvalue weighted by Crippen LogP contribution is -2.05. The lowest BCUT2D eigenvalue weighted by molar-refractivity contribution is 0.366. The number of aromatic hydroxyl groups is 2. The molecule has 0 aliphatic rings. The molecule has 0 aliphatic heterocycles. The zero-order chi connectivity index (χ0) is 19.2. The van der Waals surface area contributed by atoms with Crippen molar-refractivity contribution in [1.29, 1.82) is 0 Å². The number of aromatic nitrogens is 3. The number of halogens is 1. The smallest absolute Gasteiger partial charge is 0.235 e. The Bertz CT molecular complexity index is 872. The van der Waals surface area contributed by atoms with E-state index in [4.69, 9.17) is 0 Å². The van der Waals surface area contributed by atoms with Gasteiger partial charge in [-0.1, -0.05) is 31.9 Å². The Hall–Kier alpha value is -2.76.